The van der Waals surface area contributed by atoms with Gasteiger partial charge in [0, 0.05) is 17.1 Å². The summed E-state index contributed by atoms with van der Waals surface area (Å²) in [6.07, 6.45) is 2.00. The van der Waals surface area contributed by atoms with Gasteiger partial charge in [0.05, 0.1) is 12.6 Å². The average Bonchev–Trinajstić information content (AvgIpc) is 2.80. The molecule has 1 N–H and O–H groups in total. The van der Waals surface area contributed by atoms with Crippen molar-refractivity contribution in [3.05, 3.63) is 47.1 Å². The van der Waals surface area contributed by atoms with Gasteiger partial charge in [0.2, 0.25) is 5.91 Å². The summed E-state index contributed by atoms with van der Waals surface area (Å²) in [4.78, 5) is 12.0. The quantitative estimate of drug-likeness (QED) is 0.932. The molecule has 0 fully saturated rings. The Bertz CT molecular complexity index is 560. The minimum absolute atomic E-state index is 0.0651. The second-order valence-electron chi connectivity index (χ2n) is 4.61. The lowest BCUT2D eigenvalue weighted by Crippen LogP contribution is -2.18. The number of hydrogen-bond donors (Lipinski definition) is 1. The van der Waals surface area contributed by atoms with Crippen LogP contribution in [0, 0.1) is 0 Å². The number of nitrogens with zero attached hydrogens (tertiary/aromatic N) is 2. The first-order valence-corrected chi connectivity index (χ1v) is 6.52. The number of hydrogen-bond acceptors (Lipinski definition) is 2. The molecule has 19 heavy (non-hydrogen) atoms. The first kappa shape index (κ1) is 13.6. The van der Waals surface area contributed by atoms with Gasteiger partial charge in [-0.3, -0.25) is 4.79 Å². The Balaban J connectivity index is 2.01. The Hall–Kier alpha value is -1.81. The van der Waals surface area contributed by atoms with E-state index >= 15 is 0 Å². The third kappa shape index (κ3) is 3.58. The fourth-order valence-electron chi connectivity index (χ4n) is 1.80. The Labute approximate surface area is 117 Å². The Morgan fingerprint density at radius 3 is 2.63 bits per heavy atom. The summed E-state index contributed by atoms with van der Waals surface area (Å²) in [5, 5.41) is 7.70. The number of carbonyl (C=O) groups excluding carboxylic acids is 1. The fourth-order valence-corrected chi connectivity index (χ4v) is 1.93. The Morgan fingerprint density at radius 1 is 1.32 bits per heavy atom. The summed E-state index contributed by atoms with van der Waals surface area (Å²) in [6, 6.07) is 9.26. The van der Waals surface area contributed by atoms with E-state index in [1.54, 1.807) is 29.1 Å². The number of nitrogens with one attached hydrogen (secondary N) is 1. The van der Waals surface area contributed by atoms with Crippen LogP contribution in [0.4, 0.5) is 5.82 Å². The van der Waals surface area contributed by atoms with E-state index in [-0.39, 0.29) is 11.9 Å². The standard InChI is InChI=1S/C14H16ClN3O/c1-10(2)18-13(7-8-16-18)17-14(19)9-11-3-5-12(15)6-4-11/h3-8,10H,9H2,1-2H3,(H,17,19). The van der Waals surface area contributed by atoms with Crippen LogP contribution in [-0.2, 0) is 11.2 Å². The summed E-state index contributed by atoms with van der Waals surface area (Å²) in [5.41, 5.74) is 0.928. The fraction of sp³-hybridized carbons (Fsp3) is 0.286. The summed E-state index contributed by atoms with van der Waals surface area (Å²) in [5.74, 6) is 0.652. The van der Waals surface area contributed by atoms with Crippen LogP contribution in [0.15, 0.2) is 36.5 Å². The zero-order valence-electron chi connectivity index (χ0n) is 10.9. The smallest absolute Gasteiger partial charge is 0.229 e. The van der Waals surface area contributed by atoms with Crippen LogP contribution in [0.1, 0.15) is 25.5 Å². The van der Waals surface area contributed by atoms with Gasteiger partial charge in [-0.05, 0) is 31.5 Å². The number of amides is 1. The minimum atomic E-state index is -0.0651. The highest BCUT2D eigenvalue weighted by atomic mass is 35.5. The van der Waals surface area contributed by atoms with Gasteiger partial charge in [0.25, 0.3) is 0 Å². The zero-order chi connectivity index (χ0) is 13.8. The second-order valence-corrected chi connectivity index (χ2v) is 5.04. The van der Waals surface area contributed by atoms with Gasteiger partial charge in [0.1, 0.15) is 5.82 Å². The first-order valence-electron chi connectivity index (χ1n) is 6.14. The number of anilines is 1. The van der Waals surface area contributed by atoms with E-state index in [0.29, 0.717) is 17.3 Å². The number of halogens is 1. The average molecular weight is 278 g/mol. The molecule has 2 aromatic rings. The van der Waals surface area contributed by atoms with E-state index in [1.165, 1.54) is 0 Å². The molecule has 0 atom stereocenters. The maximum absolute atomic E-state index is 12.0. The molecule has 5 heteroatoms. The molecule has 1 heterocycles. The number of aromatic nitrogens is 2. The number of benzene rings is 1. The molecule has 0 unspecified atom stereocenters. The van der Waals surface area contributed by atoms with Crippen LogP contribution in [0.3, 0.4) is 0 Å². The molecular formula is C14H16ClN3O. The SMILES string of the molecule is CC(C)n1nccc1NC(=O)Cc1ccc(Cl)cc1. The van der Waals surface area contributed by atoms with E-state index in [2.05, 4.69) is 10.4 Å². The largest absolute Gasteiger partial charge is 0.311 e. The van der Waals surface area contributed by atoms with E-state index in [0.717, 1.165) is 5.56 Å². The topological polar surface area (TPSA) is 46.9 Å². The highest BCUT2D eigenvalue weighted by molar-refractivity contribution is 6.30. The molecule has 100 valence electrons. The van der Waals surface area contributed by atoms with Crippen molar-refractivity contribution in [1.82, 2.24) is 9.78 Å². The van der Waals surface area contributed by atoms with Crippen molar-refractivity contribution in [3.63, 3.8) is 0 Å². The Morgan fingerprint density at radius 2 is 2.00 bits per heavy atom. The van der Waals surface area contributed by atoms with Crippen molar-refractivity contribution in [2.45, 2.75) is 26.3 Å². The summed E-state index contributed by atoms with van der Waals surface area (Å²) < 4.78 is 1.78. The maximum atomic E-state index is 12.0. The number of rotatable bonds is 4. The summed E-state index contributed by atoms with van der Waals surface area (Å²) >= 11 is 5.81. The molecule has 1 aromatic carbocycles. The molecule has 0 aliphatic heterocycles. The molecule has 0 bridgehead atoms. The first-order chi connectivity index (χ1) is 9.06. The molecule has 0 aliphatic carbocycles. The monoisotopic (exact) mass is 277 g/mol. The van der Waals surface area contributed by atoms with Crippen molar-refractivity contribution < 1.29 is 4.79 Å². The van der Waals surface area contributed by atoms with Gasteiger partial charge in [-0.2, -0.15) is 5.10 Å². The van der Waals surface area contributed by atoms with Gasteiger partial charge in [0.15, 0.2) is 0 Å². The van der Waals surface area contributed by atoms with Crippen LogP contribution in [-0.4, -0.2) is 15.7 Å². The number of carbonyl (C=O) groups is 1. The predicted molar refractivity (Wildman–Crippen MR) is 76.4 cm³/mol. The molecule has 4 nitrogen and oxygen atoms in total. The predicted octanol–water partition coefficient (Wildman–Crippen LogP) is 3.30. The van der Waals surface area contributed by atoms with Crippen LogP contribution >= 0.6 is 11.6 Å². The van der Waals surface area contributed by atoms with Gasteiger partial charge in [-0.1, -0.05) is 23.7 Å². The van der Waals surface area contributed by atoms with Gasteiger partial charge in [-0.15, -0.1) is 0 Å². The molecule has 1 aromatic heterocycles. The van der Waals surface area contributed by atoms with Gasteiger partial charge < -0.3 is 5.32 Å². The third-order valence-corrected chi connectivity index (χ3v) is 2.96. The molecule has 0 saturated carbocycles. The van der Waals surface area contributed by atoms with E-state index in [9.17, 15) is 4.79 Å². The van der Waals surface area contributed by atoms with Gasteiger partial charge >= 0.3 is 0 Å². The molecule has 1 amide bonds. The molecule has 2 rings (SSSR count). The van der Waals surface area contributed by atoms with Crippen molar-refractivity contribution in [2.24, 2.45) is 0 Å². The highest BCUT2D eigenvalue weighted by Crippen LogP contribution is 2.14. The molecular weight excluding hydrogens is 262 g/mol. The Kier molecular flexibility index (Phi) is 4.22. The van der Waals surface area contributed by atoms with Crippen LogP contribution in [0.25, 0.3) is 0 Å². The third-order valence-electron chi connectivity index (χ3n) is 2.70. The normalized spacial score (nSPS) is 10.7. The lowest BCUT2D eigenvalue weighted by Gasteiger charge is -2.11. The molecule has 0 spiro atoms. The van der Waals surface area contributed by atoms with Gasteiger partial charge in [-0.25, -0.2) is 4.68 Å². The lowest BCUT2D eigenvalue weighted by atomic mass is 10.1. The summed E-state index contributed by atoms with van der Waals surface area (Å²) in [6.45, 7) is 4.03. The van der Waals surface area contributed by atoms with Crippen molar-refractivity contribution in [1.29, 1.82) is 0 Å². The van der Waals surface area contributed by atoms with Crippen molar-refractivity contribution in [3.8, 4) is 0 Å². The maximum Gasteiger partial charge on any atom is 0.229 e. The van der Waals surface area contributed by atoms with Crippen LogP contribution < -0.4 is 5.32 Å². The van der Waals surface area contributed by atoms with Crippen LogP contribution in [0.2, 0.25) is 5.02 Å². The van der Waals surface area contributed by atoms with E-state index in [4.69, 9.17) is 11.6 Å². The lowest BCUT2D eigenvalue weighted by molar-refractivity contribution is -0.115. The van der Waals surface area contributed by atoms with Crippen molar-refractivity contribution in [2.75, 3.05) is 5.32 Å². The highest BCUT2D eigenvalue weighted by Gasteiger charge is 2.09. The minimum Gasteiger partial charge on any atom is -0.311 e. The molecule has 0 radical (unpaired) electrons. The second kappa shape index (κ2) is 5.89. The zero-order valence-corrected chi connectivity index (χ0v) is 11.7. The van der Waals surface area contributed by atoms with E-state index < -0.39 is 0 Å². The molecule has 0 saturated heterocycles. The van der Waals surface area contributed by atoms with Crippen molar-refractivity contribution >= 4 is 23.3 Å². The van der Waals surface area contributed by atoms with Crippen LogP contribution in [0.5, 0.6) is 0 Å². The van der Waals surface area contributed by atoms with E-state index in [1.807, 2.05) is 26.0 Å². The molecule has 0 aliphatic rings. The summed E-state index contributed by atoms with van der Waals surface area (Å²) in [7, 11) is 0.